The Morgan fingerprint density at radius 2 is 1.81 bits per heavy atom. The van der Waals surface area contributed by atoms with Crippen molar-refractivity contribution in [1.29, 1.82) is 0 Å². The van der Waals surface area contributed by atoms with Crippen LogP contribution in [0.2, 0.25) is 10.0 Å². The summed E-state index contributed by atoms with van der Waals surface area (Å²) < 4.78 is 0. The second-order valence-electron chi connectivity index (χ2n) is 8.92. The number of hydrogen-bond donors (Lipinski definition) is 2. The number of hydrogen-bond acceptors (Lipinski definition) is 3. The number of piperidine rings is 1. The maximum absolute atomic E-state index is 13.9. The van der Waals surface area contributed by atoms with Gasteiger partial charge in [-0.3, -0.25) is 9.59 Å². The first-order chi connectivity index (χ1) is 15.1. The molecule has 0 aromatic heterocycles. The van der Waals surface area contributed by atoms with E-state index in [9.17, 15) is 19.8 Å². The third-order valence-electron chi connectivity index (χ3n) is 6.46. The molecule has 0 unspecified atom stereocenters. The molecule has 0 bridgehead atoms. The number of amides is 1. The highest BCUT2D eigenvalue weighted by atomic mass is 35.5. The van der Waals surface area contributed by atoms with E-state index < -0.39 is 29.6 Å². The van der Waals surface area contributed by atoms with Crippen molar-refractivity contribution in [3.05, 3.63) is 69.7 Å². The molecule has 0 spiro atoms. The van der Waals surface area contributed by atoms with Crippen LogP contribution < -0.4 is 0 Å². The summed E-state index contributed by atoms with van der Waals surface area (Å²) in [6.07, 6.45) is -0.202. The second kappa shape index (κ2) is 9.82. The number of nitrogens with zero attached hydrogens (tertiary/aromatic N) is 1. The molecule has 0 saturated carbocycles. The highest BCUT2D eigenvalue weighted by Gasteiger charge is 2.52. The average molecular weight is 478 g/mol. The lowest BCUT2D eigenvalue weighted by atomic mass is 9.67. The van der Waals surface area contributed by atoms with Crippen LogP contribution in [0.25, 0.3) is 0 Å². The minimum atomic E-state index is -1.12. The van der Waals surface area contributed by atoms with Gasteiger partial charge < -0.3 is 15.1 Å². The Balaban J connectivity index is 2.25. The number of benzene rings is 2. The fourth-order valence-corrected chi connectivity index (χ4v) is 5.34. The number of carbonyl (C=O) groups is 2. The zero-order chi connectivity index (χ0) is 23.6. The quantitative estimate of drug-likeness (QED) is 0.536. The number of carboxylic acids is 1. The summed E-state index contributed by atoms with van der Waals surface area (Å²) in [6, 6.07) is 13.9. The SMILES string of the molecule is CC[C@@H]([C@H](C)O)N1C(=O)[C@](C)(CC(=O)O)C[C@H](c2cccc(Cl)c2)[C@H]1c1ccc(Cl)cc1. The molecular weight excluding hydrogens is 449 g/mol. The number of carboxylic acid groups (broad SMARTS) is 1. The van der Waals surface area contributed by atoms with E-state index in [4.69, 9.17) is 23.2 Å². The van der Waals surface area contributed by atoms with E-state index in [2.05, 4.69) is 0 Å². The van der Waals surface area contributed by atoms with E-state index in [1.807, 2.05) is 37.3 Å². The van der Waals surface area contributed by atoms with Crippen LogP contribution >= 0.6 is 23.2 Å². The number of aliphatic carboxylic acids is 1. The van der Waals surface area contributed by atoms with Crippen molar-refractivity contribution in [2.24, 2.45) is 5.41 Å². The summed E-state index contributed by atoms with van der Waals surface area (Å²) in [5, 5.41) is 21.3. The molecule has 172 valence electrons. The smallest absolute Gasteiger partial charge is 0.304 e. The van der Waals surface area contributed by atoms with Crippen LogP contribution in [-0.4, -0.2) is 39.1 Å². The van der Waals surface area contributed by atoms with E-state index >= 15 is 0 Å². The Hall–Kier alpha value is -2.08. The van der Waals surface area contributed by atoms with Crippen molar-refractivity contribution in [3.8, 4) is 0 Å². The van der Waals surface area contributed by atoms with Gasteiger partial charge in [-0.1, -0.05) is 61.3 Å². The van der Waals surface area contributed by atoms with Crippen LogP contribution in [0, 0.1) is 5.41 Å². The first-order valence-corrected chi connectivity index (χ1v) is 11.6. The molecule has 1 aliphatic rings. The molecule has 2 N–H and O–H groups in total. The van der Waals surface area contributed by atoms with E-state index in [0.29, 0.717) is 22.9 Å². The largest absolute Gasteiger partial charge is 0.481 e. The first-order valence-electron chi connectivity index (χ1n) is 10.8. The molecule has 1 fully saturated rings. The molecule has 1 amide bonds. The van der Waals surface area contributed by atoms with Crippen molar-refractivity contribution < 1.29 is 19.8 Å². The third kappa shape index (κ3) is 4.95. The molecule has 0 aliphatic carbocycles. The van der Waals surface area contributed by atoms with E-state index in [1.165, 1.54) is 0 Å². The normalized spacial score (nSPS) is 25.4. The summed E-state index contributed by atoms with van der Waals surface area (Å²) in [5.41, 5.74) is 0.681. The van der Waals surface area contributed by atoms with Gasteiger partial charge in [-0.25, -0.2) is 0 Å². The fourth-order valence-electron chi connectivity index (χ4n) is 5.02. The van der Waals surface area contributed by atoms with Gasteiger partial charge in [0.2, 0.25) is 5.91 Å². The molecule has 32 heavy (non-hydrogen) atoms. The monoisotopic (exact) mass is 477 g/mol. The summed E-state index contributed by atoms with van der Waals surface area (Å²) >= 11 is 12.4. The minimum Gasteiger partial charge on any atom is -0.481 e. The molecular formula is C25H29Cl2NO4. The number of likely N-dealkylation sites (tertiary alicyclic amines) is 1. The maximum atomic E-state index is 13.9. The number of halogens is 2. The van der Waals surface area contributed by atoms with Crippen molar-refractivity contribution in [1.82, 2.24) is 4.90 Å². The van der Waals surface area contributed by atoms with Gasteiger partial charge in [0.15, 0.2) is 0 Å². The van der Waals surface area contributed by atoms with Crippen molar-refractivity contribution in [2.75, 3.05) is 0 Å². The highest BCUT2D eigenvalue weighted by Crippen LogP contribution is 2.52. The zero-order valence-corrected chi connectivity index (χ0v) is 20.0. The summed E-state index contributed by atoms with van der Waals surface area (Å²) in [7, 11) is 0. The van der Waals surface area contributed by atoms with E-state index in [1.54, 1.807) is 36.9 Å². The van der Waals surface area contributed by atoms with Gasteiger partial charge in [-0.2, -0.15) is 0 Å². The van der Waals surface area contributed by atoms with E-state index in [-0.39, 0.29) is 18.2 Å². The van der Waals surface area contributed by atoms with Crippen LogP contribution in [0.3, 0.4) is 0 Å². The Kier molecular flexibility index (Phi) is 7.53. The lowest BCUT2D eigenvalue weighted by molar-refractivity contribution is -0.163. The summed E-state index contributed by atoms with van der Waals surface area (Å²) in [4.78, 5) is 27.3. The van der Waals surface area contributed by atoms with E-state index in [0.717, 1.165) is 11.1 Å². The molecule has 1 saturated heterocycles. The molecule has 2 aromatic carbocycles. The number of aliphatic hydroxyl groups is 1. The molecule has 0 radical (unpaired) electrons. The molecule has 7 heteroatoms. The van der Waals surface area contributed by atoms with Crippen LogP contribution in [0.4, 0.5) is 0 Å². The Morgan fingerprint density at radius 1 is 1.16 bits per heavy atom. The van der Waals surface area contributed by atoms with Gasteiger partial charge in [0.25, 0.3) is 0 Å². The number of aliphatic hydroxyl groups excluding tert-OH is 1. The van der Waals surface area contributed by atoms with Crippen LogP contribution in [-0.2, 0) is 9.59 Å². The molecule has 1 heterocycles. The lowest BCUT2D eigenvalue weighted by Crippen LogP contribution is -2.58. The summed E-state index contributed by atoms with van der Waals surface area (Å²) in [6.45, 7) is 5.29. The minimum absolute atomic E-state index is 0.218. The second-order valence-corrected chi connectivity index (χ2v) is 9.79. The standard InChI is InChI=1S/C25H29Cl2NO4/c1-4-21(15(2)29)28-23(16-8-10-18(26)11-9-16)20(17-6-5-7-19(27)12-17)13-25(3,24(28)32)14-22(30)31/h5-12,15,20-21,23,29H,4,13-14H2,1-3H3,(H,30,31)/t15-,20+,21-,23+,25-/m0/s1. The molecule has 5 atom stereocenters. The van der Waals surface area contributed by atoms with Gasteiger partial charge in [-0.15, -0.1) is 0 Å². The fraction of sp³-hybridized carbons (Fsp3) is 0.440. The van der Waals surface area contributed by atoms with Crippen molar-refractivity contribution >= 4 is 35.1 Å². The van der Waals surface area contributed by atoms with Gasteiger partial charge in [0.05, 0.1) is 30.0 Å². The molecule has 2 aromatic rings. The maximum Gasteiger partial charge on any atom is 0.304 e. The number of carbonyl (C=O) groups excluding carboxylic acids is 1. The first kappa shape index (κ1) is 24.6. The number of rotatable bonds is 7. The third-order valence-corrected chi connectivity index (χ3v) is 6.95. The zero-order valence-electron chi connectivity index (χ0n) is 18.5. The van der Waals surface area contributed by atoms with Crippen molar-refractivity contribution in [2.45, 2.75) is 64.1 Å². The molecule has 5 nitrogen and oxygen atoms in total. The van der Waals surface area contributed by atoms with Crippen LogP contribution in [0.5, 0.6) is 0 Å². The van der Waals surface area contributed by atoms with Gasteiger partial charge in [-0.05, 0) is 55.2 Å². The molecule has 3 rings (SSSR count). The Morgan fingerprint density at radius 3 is 2.34 bits per heavy atom. The predicted octanol–water partition coefficient (Wildman–Crippen LogP) is 5.69. The van der Waals surface area contributed by atoms with Gasteiger partial charge in [0.1, 0.15) is 0 Å². The molecule has 1 aliphatic heterocycles. The Bertz CT molecular complexity index is 978. The summed E-state index contributed by atoms with van der Waals surface area (Å²) in [5.74, 6) is -1.50. The van der Waals surface area contributed by atoms with Crippen LogP contribution in [0.1, 0.15) is 63.1 Å². The highest BCUT2D eigenvalue weighted by molar-refractivity contribution is 6.30. The predicted molar refractivity (Wildman–Crippen MR) is 126 cm³/mol. The van der Waals surface area contributed by atoms with Gasteiger partial charge in [0, 0.05) is 16.0 Å². The Labute approximate surface area is 199 Å². The van der Waals surface area contributed by atoms with Gasteiger partial charge >= 0.3 is 5.97 Å². The van der Waals surface area contributed by atoms with Crippen LogP contribution in [0.15, 0.2) is 48.5 Å². The van der Waals surface area contributed by atoms with Crippen molar-refractivity contribution in [3.63, 3.8) is 0 Å². The topological polar surface area (TPSA) is 77.8 Å². The lowest BCUT2D eigenvalue weighted by Gasteiger charge is -2.52. The average Bonchev–Trinajstić information content (AvgIpc) is 2.71.